The molecule has 56 heavy (non-hydrogen) atoms. The van der Waals surface area contributed by atoms with Crippen molar-refractivity contribution >= 4 is 19.8 Å². The molecule has 12 heteroatoms. The smallest absolute Gasteiger partial charge is 0.462 e. The van der Waals surface area contributed by atoms with Crippen LogP contribution in [0, 0.1) is 0 Å². The second kappa shape index (κ2) is 39.5. The van der Waals surface area contributed by atoms with Gasteiger partial charge in [0.15, 0.2) is 6.10 Å². The predicted molar refractivity (Wildman–Crippen MR) is 225 cm³/mol. The van der Waals surface area contributed by atoms with Crippen LogP contribution in [-0.4, -0.2) is 76.9 Å². The van der Waals surface area contributed by atoms with E-state index in [-0.39, 0.29) is 19.4 Å². The number of carbonyl (C=O) groups is 2. The van der Waals surface area contributed by atoms with Gasteiger partial charge in [-0.25, -0.2) is 4.57 Å². The molecule has 4 N–H and O–H groups in total. The van der Waals surface area contributed by atoms with Crippen molar-refractivity contribution in [2.24, 2.45) is 0 Å². The highest BCUT2D eigenvalue weighted by Crippen LogP contribution is 2.43. The molecule has 0 spiro atoms. The fourth-order valence-electron chi connectivity index (χ4n) is 5.35. The van der Waals surface area contributed by atoms with Crippen LogP contribution in [0.5, 0.6) is 0 Å². The lowest BCUT2D eigenvalue weighted by Crippen LogP contribution is -2.29. The van der Waals surface area contributed by atoms with Gasteiger partial charge in [0, 0.05) is 12.8 Å². The summed E-state index contributed by atoms with van der Waals surface area (Å²) in [4.78, 5) is 34.9. The molecule has 324 valence electrons. The topological polar surface area (TPSA) is 169 Å². The van der Waals surface area contributed by atoms with Crippen LogP contribution in [0.2, 0.25) is 0 Å². The van der Waals surface area contributed by atoms with Crippen LogP contribution >= 0.6 is 7.82 Å². The van der Waals surface area contributed by atoms with Gasteiger partial charge in [0.1, 0.15) is 12.7 Å². The molecule has 0 bridgehead atoms. The Kier molecular flexibility index (Phi) is 37.8. The summed E-state index contributed by atoms with van der Waals surface area (Å²) in [5, 5.41) is 28.4. The number of hydrogen-bond donors (Lipinski definition) is 4. The van der Waals surface area contributed by atoms with Gasteiger partial charge in [0.25, 0.3) is 0 Å². The van der Waals surface area contributed by atoms with E-state index in [4.69, 9.17) is 19.1 Å². The highest BCUT2D eigenvalue weighted by molar-refractivity contribution is 7.47. The number of hydrogen-bond acceptors (Lipinski definition) is 10. The second-order valence-electron chi connectivity index (χ2n) is 14.2. The summed E-state index contributed by atoms with van der Waals surface area (Å²) >= 11 is 0. The molecule has 0 saturated carbocycles. The molecular formula is C44H77O11P. The van der Waals surface area contributed by atoms with Crippen LogP contribution in [0.3, 0.4) is 0 Å². The molecule has 0 saturated heterocycles. The lowest BCUT2D eigenvalue weighted by atomic mass is 10.1. The monoisotopic (exact) mass is 813 g/mol. The van der Waals surface area contributed by atoms with Crippen molar-refractivity contribution < 1.29 is 52.9 Å². The van der Waals surface area contributed by atoms with Gasteiger partial charge in [-0.05, 0) is 70.6 Å². The maximum absolute atomic E-state index is 12.6. The first-order chi connectivity index (χ1) is 27.1. The third-order valence-electron chi connectivity index (χ3n) is 8.72. The fraction of sp³-hybridized carbons (Fsp3) is 0.727. The summed E-state index contributed by atoms with van der Waals surface area (Å²) in [5.41, 5.74) is 0. The largest absolute Gasteiger partial charge is 0.472 e. The van der Waals surface area contributed by atoms with E-state index in [1.165, 1.54) is 57.8 Å². The number of allylic oxidation sites excluding steroid dienone is 8. The minimum atomic E-state index is -4.66. The van der Waals surface area contributed by atoms with E-state index in [1.54, 1.807) is 18.2 Å². The van der Waals surface area contributed by atoms with Crippen LogP contribution in [0.4, 0.5) is 0 Å². The van der Waals surface area contributed by atoms with Gasteiger partial charge in [-0.15, -0.1) is 0 Å². The molecule has 0 radical (unpaired) electrons. The quantitative estimate of drug-likeness (QED) is 0.0153. The Hall–Kier alpha value is -2.37. The lowest BCUT2D eigenvalue weighted by Gasteiger charge is -2.20. The van der Waals surface area contributed by atoms with Crippen LogP contribution in [0.1, 0.15) is 162 Å². The average Bonchev–Trinajstić information content (AvgIpc) is 3.18. The number of aliphatic hydroxyl groups excluding tert-OH is 3. The van der Waals surface area contributed by atoms with E-state index < -0.39 is 57.9 Å². The fourth-order valence-corrected chi connectivity index (χ4v) is 6.14. The molecule has 0 aliphatic carbocycles. The number of ether oxygens (including phenoxy) is 2. The first-order valence-electron chi connectivity index (χ1n) is 21.4. The summed E-state index contributed by atoms with van der Waals surface area (Å²) in [6.45, 7) is 2.15. The van der Waals surface area contributed by atoms with Crippen LogP contribution in [-0.2, 0) is 32.7 Å². The minimum absolute atomic E-state index is 0.0455. The Morgan fingerprint density at radius 2 is 1.14 bits per heavy atom. The summed E-state index contributed by atoms with van der Waals surface area (Å²) in [6, 6.07) is 0. The number of carbonyl (C=O) groups excluding carboxylic acids is 2. The van der Waals surface area contributed by atoms with E-state index in [0.29, 0.717) is 25.7 Å². The Morgan fingerprint density at radius 3 is 1.82 bits per heavy atom. The van der Waals surface area contributed by atoms with E-state index in [1.807, 2.05) is 18.2 Å². The molecular weight excluding hydrogens is 735 g/mol. The number of aliphatic hydroxyl groups is 3. The van der Waals surface area contributed by atoms with Gasteiger partial charge in [0.05, 0.1) is 25.9 Å². The van der Waals surface area contributed by atoms with Crippen molar-refractivity contribution in [1.82, 2.24) is 0 Å². The van der Waals surface area contributed by atoms with Gasteiger partial charge in [-0.1, -0.05) is 139 Å². The molecule has 4 atom stereocenters. The zero-order valence-corrected chi connectivity index (χ0v) is 35.6. The molecule has 11 nitrogen and oxygen atoms in total. The number of rotatable bonds is 39. The molecule has 0 rings (SSSR count). The van der Waals surface area contributed by atoms with Crippen molar-refractivity contribution in [3.8, 4) is 0 Å². The molecule has 0 heterocycles. The maximum atomic E-state index is 12.6. The van der Waals surface area contributed by atoms with Crippen molar-refractivity contribution in [2.75, 3.05) is 26.4 Å². The Bertz CT molecular complexity index is 1130. The molecule has 0 aromatic rings. The van der Waals surface area contributed by atoms with Gasteiger partial charge < -0.3 is 29.7 Å². The summed E-state index contributed by atoms with van der Waals surface area (Å²) in [5.74, 6) is -1.07. The third kappa shape index (κ3) is 38.5. The van der Waals surface area contributed by atoms with Crippen molar-refractivity contribution in [2.45, 2.75) is 180 Å². The molecule has 0 amide bonds. The van der Waals surface area contributed by atoms with Crippen LogP contribution < -0.4 is 0 Å². The van der Waals surface area contributed by atoms with Gasteiger partial charge in [0.2, 0.25) is 0 Å². The highest BCUT2D eigenvalue weighted by atomic mass is 31.2. The summed E-state index contributed by atoms with van der Waals surface area (Å²) in [6.07, 6.45) is 39.3. The number of phosphoric ester groups is 1. The van der Waals surface area contributed by atoms with Crippen molar-refractivity contribution in [1.29, 1.82) is 0 Å². The van der Waals surface area contributed by atoms with Crippen LogP contribution in [0.25, 0.3) is 0 Å². The zero-order chi connectivity index (χ0) is 41.4. The van der Waals surface area contributed by atoms with Gasteiger partial charge >= 0.3 is 19.8 Å². The van der Waals surface area contributed by atoms with E-state index in [2.05, 4.69) is 42.7 Å². The molecule has 0 aromatic heterocycles. The Labute approximate surface area is 338 Å². The Morgan fingerprint density at radius 1 is 0.607 bits per heavy atom. The zero-order valence-electron chi connectivity index (χ0n) is 34.7. The third-order valence-corrected chi connectivity index (χ3v) is 9.68. The Balaban J connectivity index is 4.52. The average molecular weight is 813 g/mol. The summed E-state index contributed by atoms with van der Waals surface area (Å²) in [7, 11) is -4.66. The van der Waals surface area contributed by atoms with Crippen LogP contribution in [0.15, 0.2) is 60.8 Å². The van der Waals surface area contributed by atoms with E-state index >= 15 is 0 Å². The second-order valence-corrected chi connectivity index (χ2v) is 15.7. The first kappa shape index (κ1) is 53.6. The van der Waals surface area contributed by atoms with E-state index in [0.717, 1.165) is 51.4 Å². The molecule has 0 aromatic carbocycles. The molecule has 0 aliphatic heterocycles. The van der Waals surface area contributed by atoms with Gasteiger partial charge in [-0.3, -0.25) is 18.6 Å². The lowest BCUT2D eigenvalue weighted by molar-refractivity contribution is -0.161. The standard InChI is InChI=1S/C44H77O11P/c1-3-5-7-9-11-13-14-15-16-17-18-20-22-26-30-34-43(48)52-38-42(39-54-56(50,51)53-37-41(47)36-45)55-44(49)35-31-27-23-25-29-33-40(46)32-28-24-21-19-12-10-8-6-4-2/h12,15-16,19,23-25,28-29,33,40-42,45-47H,3-11,13-14,17-18,20-22,26-27,30-32,34-39H2,1-2H3,(H,50,51)/b16-15-,19-12-,25-23+,28-24-,33-29-/t40?,41-,42+/m0/s1. The molecule has 2 unspecified atom stereocenters. The molecule has 0 aliphatic rings. The maximum Gasteiger partial charge on any atom is 0.472 e. The van der Waals surface area contributed by atoms with Crippen molar-refractivity contribution in [3.05, 3.63) is 60.8 Å². The predicted octanol–water partition coefficient (Wildman–Crippen LogP) is 10.1. The first-order valence-corrected chi connectivity index (χ1v) is 22.8. The molecule has 0 fully saturated rings. The number of esters is 2. The SMILES string of the molecule is CCCCC/C=C\C/C=C\CC(O)/C=C\C=C\CCCC(=O)O[C@H](COC(=O)CCCCCCC/C=C\CCCCCCCC)COP(=O)(O)OC[C@@H](O)CO. The van der Waals surface area contributed by atoms with E-state index in [9.17, 15) is 29.3 Å². The number of unbranched alkanes of at least 4 members (excludes halogenated alkanes) is 15. The number of phosphoric acid groups is 1. The van der Waals surface area contributed by atoms with Crippen molar-refractivity contribution in [3.63, 3.8) is 0 Å². The van der Waals surface area contributed by atoms with Gasteiger partial charge in [-0.2, -0.15) is 0 Å². The summed E-state index contributed by atoms with van der Waals surface area (Å²) < 4.78 is 32.6. The minimum Gasteiger partial charge on any atom is -0.462 e. The normalized spacial score (nSPS) is 15.0. The highest BCUT2D eigenvalue weighted by Gasteiger charge is 2.27.